The highest BCUT2D eigenvalue weighted by atomic mass is 15.0. The summed E-state index contributed by atoms with van der Waals surface area (Å²) in [5.74, 6) is 1.82. The molecule has 0 spiro atoms. The normalized spacial score (nSPS) is 10.3. The first-order valence-corrected chi connectivity index (χ1v) is 6.79. The molecular formula is C17H16N4. The highest BCUT2D eigenvalue weighted by Gasteiger charge is 2.05. The molecular weight excluding hydrogens is 260 g/mol. The summed E-state index contributed by atoms with van der Waals surface area (Å²) in [7, 11) is 0. The summed E-state index contributed by atoms with van der Waals surface area (Å²) in [6.45, 7) is 0.700. The van der Waals surface area contributed by atoms with Gasteiger partial charge in [-0.05, 0) is 5.56 Å². The van der Waals surface area contributed by atoms with Gasteiger partial charge in [0.2, 0.25) is 0 Å². The third kappa shape index (κ3) is 3.36. The van der Waals surface area contributed by atoms with E-state index in [1.54, 1.807) is 6.07 Å². The number of aromatic nitrogens is 2. The predicted octanol–water partition coefficient (Wildman–Crippen LogP) is 3.34. The second-order valence-electron chi connectivity index (χ2n) is 4.71. The SMILES string of the molecule is Nc1cc(NCc2ccccc2)nc(-c2ccccc2)n1. The molecule has 3 aromatic rings. The molecule has 1 aromatic heterocycles. The Hall–Kier alpha value is -2.88. The van der Waals surface area contributed by atoms with Gasteiger partial charge in [0.25, 0.3) is 0 Å². The van der Waals surface area contributed by atoms with Crippen LogP contribution in [0.1, 0.15) is 5.56 Å². The van der Waals surface area contributed by atoms with Gasteiger partial charge in [0.05, 0.1) is 0 Å². The van der Waals surface area contributed by atoms with Crippen molar-refractivity contribution in [3.63, 3.8) is 0 Å². The van der Waals surface area contributed by atoms with Gasteiger partial charge in [-0.15, -0.1) is 0 Å². The third-order valence-electron chi connectivity index (χ3n) is 3.09. The molecule has 3 N–H and O–H groups in total. The molecule has 0 radical (unpaired) electrons. The van der Waals surface area contributed by atoms with Gasteiger partial charge < -0.3 is 11.1 Å². The van der Waals surface area contributed by atoms with Crippen molar-refractivity contribution in [3.05, 3.63) is 72.3 Å². The third-order valence-corrected chi connectivity index (χ3v) is 3.09. The van der Waals surface area contributed by atoms with Gasteiger partial charge in [0.15, 0.2) is 5.82 Å². The van der Waals surface area contributed by atoms with E-state index in [2.05, 4.69) is 27.4 Å². The molecule has 0 amide bonds. The summed E-state index contributed by atoms with van der Waals surface area (Å²) in [5.41, 5.74) is 8.02. The molecule has 21 heavy (non-hydrogen) atoms. The Morgan fingerprint density at radius 3 is 2.24 bits per heavy atom. The second kappa shape index (κ2) is 6.05. The minimum Gasteiger partial charge on any atom is -0.384 e. The molecule has 0 fully saturated rings. The maximum Gasteiger partial charge on any atom is 0.163 e. The maximum atomic E-state index is 5.87. The van der Waals surface area contributed by atoms with Crippen molar-refractivity contribution in [2.45, 2.75) is 6.54 Å². The number of anilines is 2. The lowest BCUT2D eigenvalue weighted by Gasteiger charge is -2.08. The number of hydrogen-bond acceptors (Lipinski definition) is 4. The van der Waals surface area contributed by atoms with Crippen molar-refractivity contribution in [3.8, 4) is 11.4 Å². The fourth-order valence-corrected chi connectivity index (χ4v) is 2.06. The van der Waals surface area contributed by atoms with E-state index in [9.17, 15) is 0 Å². The van der Waals surface area contributed by atoms with Crippen LogP contribution in [0.4, 0.5) is 11.6 Å². The van der Waals surface area contributed by atoms with Gasteiger partial charge >= 0.3 is 0 Å². The second-order valence-corrected chi connectivity index (χ2v) is 4.71. The lowest BCUT2D eigenvalue weighted by Crippen LogP contribution is -2.04. The highest BCUT2D eigenvalue weighted by Crippen LogP contribution is 2.18. The van der Waals surface area contributed by atoms with Crippen molar-refractivity contribution < 1.29 is 0 Å². The largest absolute Gasteiger partial charge is 0.384 e. The van der Waals surface area contributed by atoms with E-state index in [1.165, 1.54) is 5.56 Å². The molecule has 4 nitrogen and oxygen atoms in total. The molecule has 0 unspecified atom stereocenters. The summed E-state index contributed by atoms with van der Waals surface area (Å²) < 4.78 is 0. The van der Waals surface area contributed by atoms with Crippen LogP contribution in [0.3, 0.4) is 0 Å². The average Bonchev–Trinajstić information content (AvgIpc) is 2.54. The Balaban J connectivity index is 1.82. The van der Waals surface area contributed by atoms with Crippen LogP contribution in [0, 0.1) is 0 Å². The molecule has 2 aromatic carbocycles. The lowest BCUT2D eigenvalue weighted by atomic mass is 10.2. The molecule has 1 heterocycles. The average molecular weight is 276 g/mol. The number of hydrogen-bond donors (Lipinski definition) is 2. The zero-order valence-electron chi connectivity index (χ0n) is 11.5. The smallest absolute Gasteiger partial charge is 0.163 e. The summed E-state index contributed by atoms with van der Waals surface area (Å²) in [6.07, 6.45) is 0. The molecule has 0 saturated carbocycles. The summed E-state index contributed by atoms with van der Waals surface area (Å²) >= 11 is 0. The Morgan fingerprint density at radius 2 is 1.52 bits per heavy atom. The van der Waals surface area contributed by atoms with E-state index in [0.29, 0.717) is 18.2 Å². The van der Waals surface area contributed by atoms with Crippen molar-refractivity contribution >= 4 is 11.6 Å². The fraction of sp³-hybridized carbons (Fsp3) is 0.0588. The fourth-order valence-electron chi connectivity index (χ4n) is 2.06. The minimum absolute atomic E-state index is 0.458. The first-order chi connectivity index (χ1) is 10.3. The molecule has 0 aliphatic heterocycles. The quantitative estimate of drug-likeness (QED) is 0.767. The van der Waals surface area contributed by atoms with Gasteiger partial charge in [0.1, 0.15) is 11.6 Å². The van der Waals surface area contributed by atoms with Crippen LogP contribution < -0.4 is 11.1 Å². The van der Waals surface area contributed by atoms with E-state index >= 15 is 0 Å². The minimum atomic E-state index is 0.458. The van der Waals surface area contributed by atoms with Gasteiger partial charge in [0, 0.05) is 18.2 Å². The number of benzene rings is 2. The van der Waals surface area contributed by atoms with Gasteiger partial charge in [-0.3, -0.25) is 0 Å². The van der Waals surface area contributed by atoms with Crippen LogP contribution in [0.5, 0.6) is 0 Å². The molecule has 104 valence electrons. The first-order valence-electron chi connectivity index (χ1n) is 6.79. The number of nitrogens with zero attached hydrogens (tertiary/aromatic N) is 2. The van der Waals surface area contributed by atoms with Crippen LogP contribution in [0.2, 0.25) is 0 Å². The number of nitrogens with two attached hydrogens (primary N) is 1. The molecule has 0 aliphatic rings. The molecule has 0 bridgehead atoms. The Morgan fingerprint density at radius 1 is 0.857 bits per heavy atom. The van der Waals surface area contributed by atoms with Gasteiger partial charge in [-0.1, -0.05) is 60.7 Å². The van der Waals surface area contributed by atoms with Crippen molar-refractivity contribution in [1.29, 1.82) is 0 Å². The topological polar surface area (TPSA) is 63.8 Å². The van der Waals surface area contributed by atoms with Crippen LogP contribution in [0.25, 0.3) is 11.4 Å². The monoisotopic (exact) mass is 276 g/mol. The van der Waals surface area contributed by atoms with Gasteiger partial charge in [-0.2, -0.15) is 0 Å². The predicted molar refractivity (Wildman–Crippen MR) is 85.6 cm³/mol. The number of nitrogens with one attached hydrogen (secondary N) is 1. The van der Waals surface area contributed by atoms with Crippen LogP contribution in [0.15, 0.2) is 66.7 Å². The van der Waals surface area contributed by atoms with Crippen LogP contribution in [-0.4, -0.2) is 9.97 Å². The highest BCUT2D eigenvalue weighted by molar-refractivity contribution is 5.60. The van der Waals surface area contributed by atoms with Crippen LogP contribution in [-0.2, 0) is 6.54 Å². The summed E-state index contributed by atoms with van der Waals surface area (Å²) in [5, 5.41) is 3.28. The zero-order valence-corrected chi connectivity index (χ0v) is 11.5. The van der Waals surface area contributed by atoms with E-state index in [0.717, 1.165) is 11.4 Å². The maximum absolute atomic E-state index is 5.87. The Bertz CT molecular complexity index is 711. The summed E-state index contributed by atoms with van der Waals surface area (Å²) in [4.78, 5) is 8.80. The zero-order chi connectivity index (χ0) is 14.5. The molecule has 4 heteroatoms. The van der Waals surface area contributed by atoms with E-state index in [1.807, 2.05) is 48.5 Å². The Labute approximate surface area is 123 Å². The first kappa shape index (κ1) is 13.1. The molecule has 0 saturated heterocycles. The standard InChI is InChI=1S/C17H16N4/c18-15-11-16(19-12-13-7-3-1-4-8-13)21-17(20-15)14-9-5-2-6-10-14/h1-11H,12H2,(H3,18,19,20,21). The van der Waals surface area contributed by atoms with Crippen molar-refractivity contribution in [1.82, 2.24) is 9.97 Å². The van der Waals surface area contributed by atoms with E-state index < -0.39 is 0 Å². The summed E-state index contributed by atoms with van der Waals surface area (Å²) in [6, 6.07) is 21.7. The van der Waals surface area contributed by atoms with Gasteiger partial charge in [-0.25, -0.2) is 9.97 Å². The number of nitrogen functional groups attached to an aromatic ring is 1. The van der Waals surface area contributed by atoms with E-state index in [-0.39, 0.29) is 0 Å². The lowest BCUT2D eigenvalue weighted by molar-refractivity contribution is 1.09. The molecule has 3 rings (SSSR count). The number of rotatable bonds is 4. The van der Waals surface area contributed by atoms with Crippen molar-refractivity contribution in [2.75, 3.05) is 11.1 Å². The van der Waals surface area contributed by atoms with Crippen LogP contribution >= 0.6 is 0 Å². The van der Waals surface area contributed by atoms with Crippen molar-refractivity contribution in [2.24, 2.45) is 0 Å². The Kier molecular flexibility index (Phi) is 3.78. The van der Waals surface area contributed by atoms with E-state index in [4.69, 9.17) is 5.73 Å². The molecule has 0 aliphatic carbocycles. The molecule has 0 atom stereocenters.